The van der Waals surface area contributed by atoms with Crippen LogP contribution in [0.15, 0.2) is 46.2 Å². The summed E-state index contributed by atoms with van der Waals surface area (Å²) in [7, 11) is 2.83. The number of fused-ring (bicyclic) bond motifs is 1. The maximum atomic E-state index is 12.4. The van der Waals surface area contributed by atoms with Crippen LogP contribution in [0.5, 0.6) is 0 Å². The number of amides is 1. The van der Waals surface area contributed by atoms with Crippen LogP contribution in [-0.4, -0.2) is 47.5 Å². The van der Waals surface area contributed by atoms with Gasteiger partial charge < -0.3 is 20.1 Å². The fraction of sp³-hybridized carbons (Fsp3) is 0.333. The van der Waals surface area contributed by atoms with E-state index in [2.05, 4.69) is 10.3 Å². The molecule has 10 nitrogen and oxygen atoms in total. The molecule has 0 saturated heterocycles. The second-order valence-electron chi connectivity index (χ2n) is 6.46. The Balaban J connectivity index is 1.83. The molecule has 2 heterocycles. The van der Waals surface area contributed by atoms with Gasteiger partial charge in [0.05, 0.1) is 19.0 Å². The van der Waals surface area contributed by atoms with Crippen LogP contribution in [0.2, 0.25) is 0 Å². The molecule has 0 spiro atoms. The molecule has 0 radical (unpaired) electrons. The zero-order valence-electron chi connectivity index (χ0n) is 15.4. The van der Waals surface area contributed by atoms with Crippen molar-refractivity contribution < 1.29 is 15.0 Å². The van der Waals surface area contributed by atoms with Crippen molar-refractivity contribution in [1.82, 2.24) is 24.0 Å². The molecule has 0 unspecified atom stereocenters. The lowest BCUT2D eigenvalue weighted by Crippen LogP contribution is -2.43. The molecule has 0 aliphatic heterocycles. The molecule has 0 aliphatic carbocycles. The lowest BCUT2D eigenvalue weighted by molar-refractivity contribution is -0.123. The van der Waals surface area contributed by atoms with Gasteiger partial charge in [0.25, 0.3) is 5.56 Å². The number of aliphatic hydroxyl groups excluding tert-OH is 2. The summed E-state index contributed by atoms with van der Waals surface area (Å²) >= 11 is 0. The molecule has 2 atom stereocenters. The van der Waals surface area contributed by atoms with E-state index in [1.165, 1.54) is 29.6 Å². The van der Waals surface area contributed by atoms with Crippen LogP contribution in [-0.2, 0) is 25.4 Å². The van der Waals surface area contributed by atoms with Gasteiger partial charge in [0.2, 0.25) is 5.91 Å². The van der Waals surface area contributed by atoms with Crippen LogP contribution in [0, 0.1) is 0 Å². The molecule has 1 aromatic carbocycles. The van der Waals surface area contributed by atoms with Gasteiger partial charge in [-0.05, 0) is 5.56 Å². The van der Waals surface area contributed by atoms with E-state index in [1.807, 2.05) is 0 Å². The zero-order chi connectivity index (χ0) is 20.4. The smallest absolute Gasteiger partial charge is 0.332 e. The second kappa shape index (κ2) is 7.79. The van der Waals surface area contributed by atoms with Crippen molar-refractivity contribution in [3.63, 3.8) is 0 Å². The number of benzene rings is 1. The summed E-state index contributed by atoms with van der Waals surface area (Å²) in [6, 6.07) is 7.73. The third-order valence-electron chi connectivity index (χ3n) is 4.60. The number of aromatic nitrogens is 4. The standard InChI is InChI=1S/C18H21N5O5/c1-21-16-14(17(27)22(2)18(21)28)23(10-19-16)8-13(25)20-12(9-24)15(26)11-6-4-3-5-7-11/h3-7,10,12,15,24,26H,8-9H2,1-2H3,(H,20,25)/t12-,15-/m1/s1. The summed E-state index contributed by atoms with van der Waals surface area (Å²) in [5.74, 6) is -0.524. The van der Waals surface area contributed by atoms with Gasteiger partial charge in [-0.15, -0.1) is 0 Å². The first-order valence-corrected chi connectivity index (χ1v) is 8.59. The van der Waals surface area contributed by atoms with Gasteiger partial charge in [-0.25, -0.2) is 9.78 Å². The summed E-state index contributed by atoms with van der Waals surface area (Å²) in [6.45, 7) is -0.731. The fourth-order valence-corrected chi connectivity index (χ4v) is 3.03. The first-order chi connectivity index (χ1) is 13.3. The van der Waals surface area contributed by atoms with Gasteiger partial charge in [0.1, 0.15) is 12.6 Å². The minimum atomic E-state index is -1.09. The number of aryl methyl sites for hydroxylation is 1. The van der Waals surface area contributed by atoms with Gasteiger partial charge in [0, 0.05) is 14.1 Å². The average Bonchev–Trinajstić information content (AvgIpc) is 3.12. The van der Waals surface area contributed by atoms with Crippen LogP contribution in [0.3, 0.4) is 0 Å². The fourth-order valence-electron chi connectivity index (χ4n) is 3.03. The van der Waals surface area contributed by atoms with Crippen molar-refractivity contribution in [2.24, 2.45) is 14.1 Å². The Bertz CT molecular complexity index is 1120. The highest BCUT2D eigenvalue weighted by Crippen LogP contribution is 2.16. The van der Waals surface area contributed by atoms with Crippen molar-refractivity contribution in [1.29, 1.82) is 0 Å². The van der Waals surface area contributed by atoms with Crippen molar-refractivity contribution in [2.45, 2.75) is 18.7 Å². The van der Waals surface area contributed by atoms with E-state index < -0.39 is 35.9 Å². The van der Waals surface area contributed by atoms with Gasteiger partial charge in [-0.2, -0.15) is 0 Å². The molecule has 0 bridgehead atoms. The molecule has 10 heteroatoms. The molecule has 0 aliphatic rings. The summed E-state index contributed by atoms with van der Waals surface area (Å²) < 4.78 is 3.49. The normalized spacial score (nSPS) is 13.4. The van der Waals surface area contributed by atoms with E-state index in [9.17, 15) is 24.6 Å². The number of carbonyl (C=O) groups excluding carboxylic acids is 1. The zero-order valence-corrected chi connectivity index (χ0v) is 15.4. The number of hydrogen-bond acceptors (Lipinski definition) is 6. The predicted molar refractivity (Wildman–Crippen MR) is 101 cm³/mol. The monoisotopic (exact) mass is 387 g/mol. The topological polar surface area (TPSA) is 131 Å². The maximum absolute atomic E-state index is 12.4. The molecule has 148 valence electrons. The number of carbonyl (C=O) groups is 1. The van der Waals surface area contributed by atoms with E-state index in [4.69, 9.17) is 0 Å². The molecule has 3 aromatic rings. The van der Waals surface area contributed by atoms with Crippen LogP contribution < -0.4 is 16.6 Å². The molecular weight excluding hydrogens is 366 g/mol. The predicted octanol–water partition coefficient (Wildman–Crippen LogP) is -1.36. The quantitative estimate of drug-likeness (QED) is 0.479. The summed E-state index contributed by atoms with van der Waals surface area (Å²) in [5, 5.41) is 22.5. The number of imidazole rings is 1. The Morgan fingerprint density at radius 3 is 2.50 bits per heavy atom. The van der Waals surface area contributed by atoms with Crippen molar-refractivity contribution in [2.75, 3.05) is 6.61 Å². The third-order valence-corrected chi connectivity index (χ3v) is 4.60. The Kier molecular flexibility index (Phi) is 5.43. The van der Waals surface area contributed by atoms with E-state index in [0.29, 0.717) is 5.56 Å². The maximum Gasteiger partial charge on any atom is 0.332 e. The van der Waals surface area contributed by atoms with Crippen LogP contribution >= 0.6 is 0 Å². The van der Waals surface area contributed by atoms with E-state index in [1.54, 1.807) is 30.3 Å². The first kappa shape index (κ1) is 19.5. The molecule has 3 rings (SSSR count). The highest BCUT2D eigenvalue weighted by Gasteiger charge is 2.23. The lowest BCUT2D eigenvalue weighted by Gasteiger charge is -2.22. The highest BCUT2D eigenvalue weighted by atomic mass is 16.3. The summed E-state index contributed by atoms with van der Waals surface area (Å²) in [5.41, 5.74) is -0.239. The van der Waals surface area contributed by atoms with Crippen molar-refractivity contribution in [3.05, 3.63) is 63.1 Å². The van der Waals surface area contributed by atoms with Gasteiger partial charge in [-0.3, -0.25) is 18.7 Å². The van der Waals surface area contributed by atoms with Crippen LogP contribution in [0.4, 0.5) is 0 Å². The Morgan fingerprint density at radius 2 is 1.86 bits per heavy atom. The molecule has 0 fully saturated rings. The van der Waals surface area contributed by atoms with E-state index >= 15 is 0 Å². The lowest BCUT2D eigenvalue weighted by atomic mass is 10.0. The number of aliphatic hydroxyl groups is 2. The molecule has 0 saturated carbocycles. The first-order valence-electron chi connectivity index (χ1n) is 8.59. The molecule has 28 heavy (non-hydrogen) atoms. The molecule has 3 N–H and O–H groups in total. The largest absolute Gasteiger partial charge is 0.394 e. The minimum Gasteiger partial charge on any atom is -0.394 e. The van der Waals surface area contributed by atoms with Gasteiger partial charge in [0.15, 0.2) is 11.2 Å². The number of nitrogens with one attached hydrogen (secondary N) is 1. The Morgan fingerprint density at radius 1 is 1.18 bits per heavy atom. The van der Waals surface area contributed by atoms with E-state index in [0.717, 1.165) is 4.57 Å². The average molecular weight is 387 g/mol. The van der Waals surface area contributed by atoms with Crippen molar-refractivity contribution >= 4 is 17.1 Å². The SMILES string of the molecule is Cn1c(=O)c2c(ncn2CC(=O)N[C@H](CO)[C@H](O)c2ccccc2)n(C)c1=O. The molecule has 2 aromatic heterocycles. The van der Waals surface area contributed by atoms with E-state index in [-0.39, 0.29) is 17.7 Å². The summed E-state index contributed by atoms with van der Waals surface area (Å²) in [4.78, 5) is 40.9. The summed E-state index contributed by atoms with van der Waals surface area (Å²) in [6.07, 6.45) is 0.204. The molecule has 1 amide bonds. The number of nitrogens with zero attached hydrogens (tertiary/aromatic N) is 4. The van der Waals surface area contributed by atoms with Gasteiger partial charge >= 0.3 is 5.69 Å². The van der Waals surface area contributed by atoms with Crippen LogP contribution in [0.25, 0.3) is 11.2 Å². The van der Waals surface area contributed by atoms with Crippen LogP contribution in [0.1, 0.15) is 11.7 Å². The molecular formula is C18H21N5O5. The third kappa shape index (κ3) is 3.47. The highest BCUT2D eigenvalue weighted by molar-refractivity contribution is 5.79. The number of rotatable bonds is 6. The van der Waals surface area contributed by atoms with Crippen molar-refractivity contribution in [3.8, 4) is 0 Å². The van der Waals surface area contributed by atoms with Gasteiger partial charge in [-0.1, -0.05) is 30.3 Å². The number of hydrogen-bond donors (Lipinski definition) is 3. The Hall–Kier alpha value is -3.24. The Labute approximate surface area is 159 Å². The second-order valence-corrected chi connectivity index (χ2v) is 6.46. The minimum absolute atomic E-state index is 0.115.